The van der Waals surface area contributed by atoms with Gasteiger partial charge in [0.1, 0.15) is 33.5 Å². The monoisotopic (exact) mass is 1700 g/mol. The van der Waals surface area contributed by atoms with Crippen LogP contribution in [0.25, 0.3) is 224 Å². The first kappa shape index (κ1) is 78.6. The molecule has 0 amide bonds. The Labute approximate surface area is 762 Å². The summed E-state index contributed by atoms with van der Waals surface area (Å²) in [4.78, 5) is 44.5. The van der Waals surface area contributed by atoms with Crippen molar-refractivity contribution in [3.63, 3.8) is 0 Å². The van der Waals surface area contributed by atoms with Crippen molar-refractivity contribution in [2.45, 2.75) is 57.8 Å². The van der Waals surface area contributed by atoms with Gasteiger partial charge in [0, 0.05) is 98.6 Å². The molecule has 626 valence electrons. The van der Waals surface area contributed by atoms with E-state index in [0.717, 1.165) is 127 Å². The smallest absolute Gasteiger partial charge is 0.164 e. The van der Waals surface area contributed by atoms with Crippen LogP contribution < -0.4 is 0 Å². The molecular weight excluding hydrogens is 1620 g/mol. The van der Waals surface area contributed by atoms with E-state index in [9.17, 15) is 0 Å². The average Bonchev–Trinajstić information content (AvgIpc) is 1.56. The molecule has 3 aliphatic carbocycles. The van der Waals surface area contributed by atoms with Crippen molar-refractivity contribution < 1.29 is 13.3 Å². The molecule has 3 aliphatic rings. The Balaban J connectivity index is 0.000000110. The quantitative estimate of drug-likeness (QED) is 0.121. The maximum absolute atomic E-state index is 6.32. The molecule has 6 aromatic heterocycles. The molecule has 12 nitrogen and oxygen atoms in total. The van der Waals surface area contributed by atoms with E-state index in [-0.39, 0.29) is 16.2 Å². The lowest BCUT2D eigenvalue weighted by molar-refractivity contribution is 0.657. The van der Waals surface area contributed by atoms with E-state index in [0.29, 0.717) is 52.4 Å². The molecule has 0 saturated heterocycles. The second-order valence-electron chi connectivity index (χ2n) is 35.8. The predicted octanol–water partition coefficient (Wildman–Crippen LogP) is 30.6. The van der Waals surface area contributed by atoms with Gasteiger partial charge in [-0.05, 0) is 150 Å². The Morgan fingerprint density at radius 1 is 0.159 bits per heavy atom. The average molecular weight is 1700 g/mol. The van der Waals surface area contributed by atoms with Gasteiger partial charge in [0.2, 0.25) is 0 Å². The van der Waals surface area contributed by atoms with Crippen molar-refractivity contribution in [2.24, 2.45) is 0 Å². The molecule has 26 rings (SSSR count). The zero-order chi connectivity index (χ0) is 88.5. The van der Waals surface area contributed by atoms with Crippen LogP contribution in [0.1, 0.15) is 74.9 Å². The van der Waals surface area contributed by atoms with E-state index >= 15 is 0 Å². The molecule has 0 N–H and O–H groups in total. The van der Waals surface area contributed by atoms with Gasteiger partial charge in [-0.15, -0.1) is 0 Å². The summed E-state index contributed by atoms with van der Waals surface area (Å²) in [7, 11) is 0. The van der Waals surface area contributed by atoms with E-state index in [1.165, 1.54) is 77.7 Å². The van der Waals surface area contributed by atoms with Crippen LogP contribution >= 0.6 is 0 Å². The fourth-order valence-electron chi connectivity index (χ4n) is 20.3. The maximum Gasteiger partial charge on any atom is 0.164 e. The van der Waals surface area contributed by atoms with Crippen molar-refractivity contribution >= 4 is 65.8 Å². The number of hydrogen-bond donors (Lipinski definition) is 0. The van der Waals surface area contributed by atoms with Gasteiger partial charge in [0.25, 0.3) is 0 Å². The normalized spacial score (nSPS) is 13.3. The second kappa shape index (κ2) is 31.3. The van der Waals surface area contributed by atoms with E-state index in [1.54, 1.807) is 0 Å². The molecule has 0 atom stereocenters. The van der Waals surface area contributed by atoms with Gasteiger partial charge < -0.3 is 13.3 Å². The summed E-state index contributed by atoms with van der Waals surface area (Å²) < 4.78 is 18.9. The molecule has 0 saturated carbocycles. The molecule has 0 spiro atoms. The van der Waals surface area contributed by atoms with Crippen molar-refractivity contribution in [3.05, 3.63) is 428 Å². The third-order valence-electron chi connectivity index (χ3n) is 26.8. The summed E-state index contributed by atoms with van der Waals surface area (Å²) in [6.07, 6.45) is 0. The minimum absolute atomic E-state index is 0.185. The van der Waals surface area contributed by atoms with Gasteiger partial charge >= 0.3 is 0 Å². The molecule has 0 aliphatic heterocycles. The predicted molar refractivity (Wildman–Crippen MR) is 534 cm³/mol. The summed E-state index contributed by atoms with van der Waals surface area (Å²) in [6, 6.07) is 136. The van der Waals surface area contributed by atoms with Crippen LogP contribution in [0.5, 0.6) is 0 Å². The fraction of sp³-hybridized carbons (Fsp3) is 0.0750. The second-order valence-corrected chi connectivity index (χ2v) is 35.8. The zero-order valence-electron chi connectivity index (χ0n) is 73.3. The van der Waals surface area contributed by atoms with Crippen LogP contribution in [0.4, 0.5) is 0 Å². The summed E-state index contributed by atoms with van der Waals surface area (Å²) in [5.41, 5.74) is 33.5. The maximum atomic E-state index is 6.32. The first-order chi connectivity index (χ1) is 64.7. The molecule has 0 unspecified atom stereocenters. The molecule has 6 heterocycles. The highest BCUT2D eigenvalue weighted by atomic mass is 16.3. The van der Waals surface area contributed by atoms with Crippen LogP contribution in [-0.2, 0) is 16.2 Å². The number of furan rings is 3. The SMILES string of the molecule is CC1(C)c2cc3c(cc2-c2c(-c4nc(-c5ccccc5)nc(-c5ccccc5)n4)cccc21)oc1ccccc13.CC1(C)c2cc3c(cc2-c2cccc(-c4ccc(-c5nc(-c6ccccc6)nc(-c6ccccc6)n5)cc4)c21)oc1ccccc13.CC1(C)c2cc3c(cc2-c2cccc(-c4cccc(-c5nc(-c6ccccc6)nc(-c6ccccc6)n5)c4)c21)oc1ccccc13. The summed E-state index contributed by atoms with van der Waals surface area (Å²) in [5.74, 6) is 5.92. The van der Waals surface area contributed by atoms with Crippen molar-refractivity contribution in [3.8, 4) is 158 Å². The van der Waals surface area contributed by atoms with E-state index < -0.39 is 0 Å². The van der Waals surface area contributed by atoms with E-state index in [4.69, 9.17) is 58.1 Å². The lowest BCUT2D eigenvalue weighted by atomic mass is 9.78. The molecule has 0 radical (unpaired) electrons. The highest BCUT2D eigenvalue weighted by molar-refractivity contribution is 6.11. The highest BCUT2D eigenvalue weighted by Crippen LogP contribution is 2.58. The number of benzene rings is 17. The molecule has 23 aromatic rings. The number of aromatic nitrogens is 9. The lowest BCUT2D eigenvalue weighted by Gasteiger charge is -2.24. The van der Waals surface area contributed by atoms with E-state index in [2.05, 4.69) is 217 Å². The van der Waals surface area contributed by atoms with Crippen LogP contribution in [-0.4, -0.2) is 44.9 Å². The van der Waals surface area contributed by atoms with Crippen LogP contribution in [0.2, 0.25) is 0 Å². The summed E-state index contributed by atoms with van der Waals surface area (Å²) in [5, 5.41) is 6.94. The number of rotatable bonds is 11. The van der Waals surface area contributed by atoms with Crippen LogP contribution in [0.15, 0.2) is 408 Å². The highest BCUT2D eigenvalue weighted by Gasteiger charge is 2.42. The van der Waals surface area contributed by atoms with Gasteiger partial charge in [-0.2, -0.15) is 0 Å². The van der Waals surface area contributed by atoms with E-state index in [1.807, 2.05) is 218 Å². The fourth-order valence-corrected chi connectivity index (χ4v) is 20.3. The Hall–Kier alpha value is -16.8. The Morgan fingerprint density at radius 2 is 0.424 bits per heavy atom. The molecule has 17 aromatic carbocycles. The van der Waals surface area contributed by atoms with Crippen molar-refractivity contribution in [1.82, 2.24) is 44.9 Å². The zero-order valence-corrected chi connectivity index (χ0v) is 73.3. The Bertz CT molecular complexity index is 8350. The number of hydrogen-bond acceptors (Lipinski definition) is 12. The third-order valence-corrected chi connectivity index (χ3v) is 26.8. The van der Waals surface area contributed by atoms with Crippen molar-refractivity contribution in [2.75, 3.05) is 0 Å². The Morgan fingerprint density at radius 3 is 0.803 bits per heavy atom. The molecule has 132 heavy (non-hydrogen) atoms. The molecule has 0 fully saturated rings. The van der Waals surface area contributed by atoms with Crippen molar-refractivity contribution in [1.29, 1.82) is 0 Å². The number of fused-ring (bicyclic) bond motifs is 18. The lowest BCUT2D eigenvalue weighted by Crippen LogP contribution is -2.16. The summed E-state index contributed by atoms with van der Waals surface area (Å²) in [6.45, 7) is 13.9. The third kappa shape index (κ3) is 13.4. The minimum atomic E-state index is -0.210. The van der Waals surface area contributed by atoms with Gasteiger partial charge in [-0.25, -0.2) is 44.9 Å². The number of para-hydroxylation sites is 3. The molecule has 0 bridgehead atoms. The summed E-state index contributed by atoms with van der Waals surface area (Å²) >= 11 is 0. The van der Waals surface area contributed by atoms with Gasteiger partial charge in [-0.1, -0.05) is 375 Å². The topological polar surface area (TPSA) is 155 Å². The first-order valence-electron chi connectivity index (χ1n) is 44.8. The Kier molecular flexibility index (Phi) is 18.6. The largest absolute Gasteiger partial charge is 0.456 e. The molecule has 12 heteroatoms. The standard InChI is InChI=1S/2C42H29N3O.C36H25N3O/c1-42(2)35-24-34-31-19-9-10-22-36(31)46-37(34)25-33(35)32-21-12-20-30(38(32)42)28-17-11-18-29(23-28)41-44-39(26-13-5-3-6-14-26)43-40(45-41)27-15-7-4-8-16-27;1-42(2)35-24-34-31-16-9-10-19-36(31)46-37(34)25-33(35)32-18-11-17-30(38(32)42)26-20-22-29(23-21-26)41-44-39(27-12-5-3-6-13-27)43-40(45-41)28-14-7-4-8-15-28;1-36(2)28-18-11-17-25(32(28)27-21-31-26(20-29(27)36)24-16-9-10-19-30(24)40-31)35-38-33(22-12-5-3-6-13-22)37-34(39-35)23-14-7-4-8-15-23/h2*3-25H,1-2H3;3-21H,1-2H3. The van der Waals surface area contributed by atoms with Gasteiger partial charge in [-0.3, -0.25) is 0 Å². The minimum Gasteiger partial charge on any atom is -0.456 e. The van der Waals surface area contributed by atoms with Gasteiger partial charge in [0.05, 0.1) is 0 Å². The van der Waals surface area contributed by atoms with Crippen LogP contribution in [0.3, 0.4) is 0 Å². The number of nitrogens with zero attached hydrogens (tertiary/aromatic N) is 9. The molecular formula is C120H83N9O3. The first-order valence-corrected chi connectivity index (χ1v) is 44.8. The van der Waals surface area contributed by atoms with Gasteiger partial charge in [0.15, 0.2) is 52.4 Å². The van der Waals surface area contributed by atoms with Crippen LogP contribution in [0, 0.1) is 0 Å².